The minimum absolute atomic E-state index is 0.000146. The summed E-state index contributed by atoms with van der Waals surface area (Å²) in [6.45, 7) is 3.45. The van der Waals surface area contributed by atoms with Gasteiger partial charge in [0.25, 0.3) is 0 Å². The number of urea groups is 1. The second-order valence-electron chi connectivity index (χ2n) is 5.84. The fraction of sp³-hybridized carbons (Fsp3) is 0.389. The van der Waals surface area contributed by atoms with Gasteiger partial charge in [-0.3, -0.25) is 9.88 Å². The van der Waals surface area contributed by atoms with E-state index >= 15 is 0 Å². The lowest BCUT2D eigenvalue weighted by Gasteiger charge is -2.34. The zero-order chi connectivity index (χ0) is 18.2. The molecule has 1 aliphatic heterocycles. The number of anilines is 1. The van der Waals surface area contributed by atoms with Crippen molar-refractivity contribution in [2.24, 2.45) is 0 Å². The summed E-state index contributed by atoms with van der Waals surface area (Å²) >= 11 is 0. The lowest BCUT2D eigenvalue weighted by molar-refractivity contribution is 0.0159. The SMILES string of the molecule is COc1ccc(NC(=O)NCC(c2ccccn2)N2CCOCC2)cn1. The Morgan fingerprint density at radius 1 is 1.27 bits per heavy atom. The van der Waals surface area contributed by atoms with Crippen LogP contribution in [0.4, 0.5) is 10.5 Å². The highest BCUT2D eigenvalue weighted by Gasteiger charge is 2.24. The van der Waals surface area contributed by atoms with Gasteiger partial charge in [-0.1, -0.05) is 6.07 Å². The fourth-order valence-electron chi connectivity index (χ4n) is 2.82. The first kappa shape index (κ1) is 18.1. The minimum atomic E-state index is -0.286. The molecule has 1 saturated heterocycles. The molecule has 1 fully saturated rings. The maximum Gasteiger partial charge on any atom is 0.319 e. The Labute approximate surface area is 152 Å². The van der Waals surface area contributed by atoms with Gasteiger partial charge in [0.05, 0.1) is 43.9 Å². The van der Waals surface area contributed by atoms with Crippen molar-refractivity contribution in [3.63, 3.8) is 0 Å². The second-order valence-corrected chi connectivity index (χ2v) is 5.84. The van der Waals surface area contributed by atoms with Crippen LogP contribution in [0.15, 0.2) is 42.7 Å². The first-order valence-electron chi connectivity index (χ1n) is 8.54. The second kappa shape index (κ2) is 9.12. The highest BCUT2D eigenvalue weighted by molar-refractivity contribution is 5.89. The van der Waals surface area contributed by atoms with Gasteiger partial charge in [-0.25, -0.2) is 9.78 Å². The summed E-state index contributed by atoms with van der Waals surface area (Å²) in [7, 11) is 1.55. The Kier molecular flexibility index (Phi) is 6.34. The van der Waals surface area contributed by atoms with Crippen molar-refractivity contribution in [2.75, 3.05) is 45.3 Å². The molecule has 2 aromatic rings. The van der Waals surface area contributed by atoms with Crippen molar-refractivity contribution in [3.05, 3.63) is 48.4 Å². The number of carbonyl (C=O) groups excluding carboxylic acids is 1. The molecule has 1 aliphatic rings. The van der Waals surface area contributed by atoms with Crippen molar-refractivity contribution < 1.29 is 14.3 Å². The molecule has 0 saturated carbocycles. The van der Waals surface area contributed by atoms with Crippen LogP contribution in [-0.4, -0.2) is 60.9 Å². The summed E-state index contributed by atoms with van der Waals surface area (Å²) in [5.74, 6) is 0.499. The monoisotopic (exact) mass is 357 g/mol. The van der Waals surface area contributed by atoms with Gasteiger partial charge >= 0.3 is 6.03 Å². The molecule has 0 aliphatic carbocycles. The highest BCUT2D eigenvalue weighted by atomic mass is 16.5. The maximum absolute atomic E-state index is 12.2. The standard InChI is InChI=1S/C18H23N5O3/c1-25-17-6-5-14(12-20-17)22-18(24)21-13-16(15-4-2-3-7-19-15)23-8-10-26-11-9-23/h2-7,12,16H,8-11,13H2,1H3,(H2,21,22,24). The van der Waals surface area contributed by atoms with E-state index in [1.54, 1.807) is 31.6 Å². The molecular weight excluding hydrogens is 334 g/mol. The Bertz CT molecular complexity index is 690. The number of rotatable bonds is 6. The summed E-state index contributed by atoms with van der Waals surface area (Å²) in [6.07, 6.45) is 3.32. The lowest BCUT2D eigenvalue weighted by atomic mass is 10.1. The Hall–Kier alpha value is -2.71. The van der Waals surface area contributed by atoms with Gasteiger partial charge in [0.1, 0.15) is 0 Å². The molecule has 3 rings (SSSR count). The van der Waals surface area contributed by atoms with Crippen LogP contribution in [0.1, 0.15) is 11.7 Å². The van der Waals surface area contributed by atoms with Crippen molar-refractivity contribution in [1.82, 2.24) is 20.2 Å². The summed E-state index contributed by atoms with van der Waals surface area (Å²) in [4.78, 5) is 23.0. The molecule has 26 heavy (non-hydrogen) atoms. The van der Waals surface area contributed by atoms with Crippen LogP contribution in [0, 0.1) is 0 Å². The third kappa shape index (κ3) is 4.90. The van der Waals surface area contributed by atoms with E-state index in [1.807, 2.05) is 18.2 Å². The highest BCUT2D eigenvalue weighted by Crippen LogP contribution is 2.19. The molecule has 2 N–H and O–H groups in total. The van der Waals surface area contributed by atoms with Crippen molar-refractivity contribution in [1.29, 1.82) is 0 Å². The quantitative estimate of drug-likeness (QED) is 0.818. The van der Waals surface area contributed by atoms with Crippen LogP contribution in [0.3, 0.4) is 0 Å². The summed E-state index contributed by atoms with van der Waals surface area (Å²) in [5.41, 5.74) is 1.53. The Morgan fingerprint density at radius 3 is 2.77 bits per heavy atom. The Balaban J connectivity index is 1.60. The van der Waals surface area contributed by atoms with Gasteiger partial charge in [-0.15, -0.1) is 0 Å². The molecular formula is C18H23N5O3. The van der Waals surface area contributed by atoms with Crippen molar-refractivity contribution >= 4 is 11.7 Å². The predicted octanol–water partition coefficient (Wildman–Crippen LogP) is 1.68. The third-order valence-electron chi connectivity index (χ3n) is 4.17. The van der Waals surface area contributed by atoms with Gasteiger partial charge in [-0.2, -0.15) is 0 Å². The number of nitrogens with zero attached hydrogens (tertiary/aromatic N) is 3. The molecule has 2 aromatic heterocycles. The van der Waals surface area contributed by atoms with Crippen molar-refractivity contribution in [3.8, 4) is 5.88 Å². The van der Waals surface area contributed by atoms with Crippen molar-refractivity contribution in [2.45, 2.75) is 6.04 Å². The number of pyridine rings is 2. The van der Waals surface area contributed by atoms with Gasteiger partial charge < -0.3 is 20.1 Å². The maximum atomic E-state index is 12.2. The number of hydrogen-bond donors (Lipinski definition) is 2. The first-order chi connectivity index (χ1) is 12.8. The molecule has 0 spiro atoms. The van der Waals surface area contributed by atoms with Gasteiger partial charge in [-0.05, 0) is 18.2 Å². The molecule has 138 valence electrons. The number of nitrogens with one attached hydrogen (secondary N) is 2. The van der Waals surface area contributed by atoms with E-state index in [9.17, 15) is 4.79 Å². The zero-order valence-corrected chi connectivity index (χ0v) is 14.7. The first-order valence-corrected chi connectivity index (χ1v) is 8.54. The molecule has 1 unspecified atom stereocenters. The van der Waals surface area contributed by atoms with Crippen LogP contribution in [-0.2, 0) is 4.74 Å². The van der Waals surface area contributed by atoms with E-state index in [0.29, 0.717) is 31.3 Å². The van der Waals surface area contributed by atoms with E-state index < -0.39 is 0 Å². The molecule has 0 bridgehead atoms. The summed E-state index contributed by atoms with van der Waals surface area (Å²) in [6, 6.07) is 8.97. The molecule has 2 amide bonds. The molecule has 8 nitrogen and oxygen atoms in total. The van der Waals surface area contributed by atoms with Gasteiger partial charge in [0.15, 0.2) is 0 Å². The number of carbonyl (C=O) groups is 1. The van der Waals surface area contributed by atoms with E-state index in [2.05, 4.69) is 25.5 Å². The van der Waals surface area contributed by atoms with Crippen LogP contribution >= 0.6 is 0 Å². The Morgan fingerprint density at radius 2 is 2.12 bits per heavy atom. The fourth-order valence-corrected chi connectivity index (χ4v) is 2.82. The number of ether oxygens (including phenoxy) is 2. The predicted molar refractivity (Wildman–Crippen MR) is 97.2 cm³/mol. The molecule has 8 heteroatoms. The van der Waals surface area contributed by atoms with E-state index in [4.69, 9.17) is 9.47 Å². The largest absolute Gasteiger partial charge is 0.481 e. The molecule has 3 heterocycles. The molecule has 1 atom stereocenters. The minimum Gasteiger partial charge on any atom is -0.481 e. The van der Waals surface area contributed by atoms with E-state index in [-0.39, 0.29) is 12.1 Å². The number of morpholine rings is 1. The number of aromatic nitrogens is 2. The average Bonchev–Trinajstić information content (AvgIpc) is 2.70. The zero-order valence-electron chi connectivity index (χ0n) is 14.7. The van der Waals surface area contributed by atoms with Crippen LogP contribution in [0.25, 0.3) is 0 Å². The topological polar surface area (TPSA) is 88.6 Å². The average molecular weight is 357 g/mol. The van der Waals surface area contributed by atoms with Crippen LogP contribution < -0.4 is 15.4 Å². The van der Waals surface area contributed by atoms with E-state index in [1.165, 1.54) is 0 Å². The normalized spacial score (nSPS) is 15.9. The third-order valence-corrected chi connectivity index (χ3v) is 4.17. The van der Waals surface area contributed by atoms with Gasteiger partial charge in [0.2, 0.25) is 5.88 Å². The molecule has 0 radical (unpaired) electrons. The van der Waals surface area contributed by atoms with Crippen LogP contribution in [0.2, 0.25) is 0 Å². The van der Waals surface area contributed by atoms with E-state index in [0.717, 1.165) is 18.8 Å². The molecule has 0 aromatic carbocycles. The number of amides is 2. The van der Waals surface area contributed by atoms with Crippen LogP contribution in [0.5, 0.6) is 5.88 Å². The summed E-state index contributed by atoms with van der Waals surface area (Å²) in [5, 5.41) is 5.70. The number of hydrogen-bond acceptors (Lipinski definition) is 6. The number of methoxy groups -OCH3 is 1. The van der Waals surface area contributed by atoms with Gasteiger partial charge in [0, 0.05) is 31.9 Å². The summed E-state index contributed by atoms with van der Waals surface area (Å²) < 4.78 is 10.4. The smallest absolute Gasteiger partial charge is 0.319 e. The lowest BCUT2D eigenvalue weighted by Crippen LogP contribution is -2.44.